The Morgan fingerprint density at radius 1 is 1.43 bits per heavy atom. The second-order valence-electron chi connectivity index (χ2n) is 5.64. The molecular formula is C16H20Cl2N4O. The average Bonchev–Trinajstić information content (AvgIpc) is 2.88. The Hall–Kier alpha value is -1.56. The van der Waals surface area contributed by atoms with Gasteiger partial charge in [-0.2, -0.15) is 5.10 Å². The maximum absolute atomic E-state index is 12.7. The number of hydrogen-bond donors (Lipinski definition) is 1. The lowest BCUT2D eigenvalue weighted by molar-refractivity contribution is 0.0708. The van der Waals surface area contributed by atoms with Crippen LogP contribution in [-0.4, -0.2) is 46.3 Å². The highest BCUT2D eigenvalue weighted by atomic mass is 35.5. The first kappa shape index (κ1) is 17.8. The molecular weight excluding hydrogens is 335 g/mol. The van der Waals surface area contributed by atoms with Crippen LogP contribution in [0.25, 0.3) is 5.69 Å². The molecule has 2 aromatic rings. The summed E-state index contributed by atoms with van der Waals surface area (Å²) in [5, 5.41) is 8.35. The Morgan fingerprint density at radius 2 is 2.22 bits per heavy atom. The maximum atomic E-state index is 12.7. The average molecular weight is 355 g/mol. The van der Waals surface area contributed by atoms with E-state index >= 15 is 0 Å². The van der Waals surface area contributed by atoms with Crippen LogP contribution in [0.1, 0.15) is 23.0 Å². The molecule has 1 N–H and O–H groups in total. The first-order chi connectivity index (χ1) is 10.6. The lowest BCUT2D eigenvalue weighted by atomic mass is 10.1. The van der Waals surface area contributed by atoms with Gasteiger partial charge in [0, 0.05) is 30.7 Å². The fourth-order valence-corrected chi connectivity index (χ4v) is 2.96. The minimum atomic E-state index is 0. The Bertz CT molecular complexity index is 701. The zero-order valence-corrected chi connectivity index (χ0v) is 14.7. The van der Waals surface area contributed by atoms with Crippen molar-refractivity contribution < 1.29 is 4.79 Å². The number of rotatable bonds is 2. The van der Waals surface area contributed by atoms with Crippen LogP contribution in [-0.2, 0) is 0 Å². The lowest BCUT2D eigenvalue weighted by Gasteiger charge is -2.31. The molecule has 0 aliphatic carbocycles. The van der Waals surface area contributed by atoms with E-state index in [1.54, 1.807) is 10.9 Å². The number of benzene rings is 1. The Labute approximate surface area is 147 Å². The van der Waals surface area contributed by atoms with Gasteiger partial charge in [-0.1, -0.05) is 17.7 Å². The van der Waals surface area contributed by atoms with Gasteiger partial charge in [-0.15, -0.1) is 12.4 Å². The van der Waals surface area contributed by atoms with Gasteiger partial charge < -0.3 is 10.2 Å². The number of hydrogen-bond acceptors (Lipinski definition) is 3. The van der Waals surface area contributed by atoms with Crippen molar-refractivity contribution in [2.24, 2.45) is 0 Å². The predicted octanol–water partition coefficient (Wildman–Crippen LogP) is 2.69. The van der Waals surface area contributed by atoms with E-state index in [0.29, 0.717) is 16.6 Å². The molecule has 1 fully saturated rings. The van der Waals surface area contributed by atoms with Crippen molar-refractivity contribution in [2.75, 3.05) is 19.6 Å². The SMILES string of the molecule is Cc1c(C(=O)N2CCNC(C)C2)cnn1-c1cccc(Cl)c1.Cl. The normalized spacial score (nSPS) is 17.7. The number of carbonyl (C=O) groups is 1. The highest BCUT2D eigenvalue weighted by Crippen LogP contribution is 2.19. The maximum Gasteiger partial charge on any atom is 0.257 e. The standard InChI is InChI=1S/C16H19ClN4O.ClH/c1-11-10-20(7-6-18-11)16(22)15-9-19-21(12(15)2)14-5-3-4-13(17)8-14;/h3-5,8-9,11,18H,6-7,10H2,1-2H3;1H. The predicted molar refractivity (Wildman–Crippen MR) is 93.9 cm³/mol. The molecule has 1 aromatic carbocycles. The molecule has 0 bridgehead atoms. The van der Waals surface area contributed by atoms with Crippen LogP contribution in [0.4, 0.5) is 0 Å². The number of halogens is 2. The zero-order valence-electron chi connectivity index (χ0n) is 13.1. The van der Waals surface area contributed by atoms with Crippen molar-refractivity contribution >= 4 is 29.9 Å². The van der Waals surface area contributed by atoms with Gasteiger partial charge in [-0.3, -0.25) is 4.79 Å². The third-order valence-electron chi connectivity index (χ3n) is 3.95. The fraction of sp³-hybridized carbons (Fsp3) is 0.375. The van der Waals surface area contributed by atoms with Crippen molar-refractivity contribution in [1.82, 2.24) is 20.0 Å². The van der Waals surface area contributed by atoms with Crippen molar-refractivity contribution in [3.8, 4) is 5.69 Å². The molecule has 7 heteroatoms. The first-order valence-corrected chi connectivity index (χ1v) is 7.77. The summed E-state index contributed by atoms with van der Waals surface area (Å²) in [5.41, 5.74) is 2.34. The summed E-state index contributed by atoms with van der Waals surface area (Å²) in [6.45, 7) is 6.27. The molecule has 124 valence electrons. The molecule has 1 atom stereocenters. The third-order valence-corrected chi connectivity index (χ3v) is 4.18. The topological polar surface area (TPSA) is 50.2 Å². The molecule has 1 saturated heterocycles. The summed E-state index contributed by atoms with van der Waals surface area (Å²) in [4.78, 5) is 14.6. The highest BCUT2D eigenvalue weighted by molar-refractivity contribution is 6.30. The van der Waals surface area contributed by atoms with Crippen LogP contribution >= 0.6 is 24.0 Å². The Kier molecular flexibility index (Phi) is 5.68. The quantitative estimate of drug-likeness (QED) is 0.901. The largest absolute Gasteiger partial charge is 0.336 e. The summed E-state index contributed by atoms with van der Waals surface area (Å²) in [5.74, 6) is 0.0409. The van der Waals surface area contributed by atoms with Gasteiger partial charge in [-0.05, 0) is 32.0 Å². The molecule has 5 nitrogen and oxygen atoms in total. The second kappa shape index (κ2) is 7.34. The molecule has 1 aromatic heterocycles. The Morgan fingerprint density at radius 3 is 2.91 bits per heavy atom. The molecule has 0 radical (unpaired) electrons. The van der Waals surface area contributed by atoms with Crippen molar-refractivity contribution in [1.29, 1.82) is 0 Å². The zero-order chi connectivity index (χ0) is 15.7. The van der Waals surface area contributed by atoms with Gasteiger partial charge in [-0.25, -0.2) is 4.68 Å². The van der Waals surface area contributed by atoms with Crippen LogP contribution < -0.4 is 5.32 Å². The van der Waals surface area contributed by atoms with Crippen molar-refractivity contribution in [3.05, 3.63) is 46.7 Å². The molecule has 1 aliphatic heterocycles. The number of piperazine rings is 1. The third kappa shape index (κ3) is 3.68. The van der Waals surface area contributed by atoms with Crippen LogP contribution in [0.3, 0.4) is 0 Å². The van der Waals surface area contributed by atoms with Crippen LogP contribution in [0, 0.1) is 6.92 Å². The molecule has 1 aliphatic rings. The van der Waals surface area contributed by atoms with Gasteiger partial charge in [0.1, 0.15) is 0 Å². The molecule has 0 spiro atoms. The smallest absolute Gasteiger partial charge is 0.257 e. The van der Waals surface area contributed by atoms with Crippen molar-refractivity contribution in [3.63, 3.8) is 0 Å². The van der Waals surface area contributed by atoms with E-state index in [2.05, 4.69) is 17.3 Å². The van der Waals surface area contributed by atoms with E-state index < -0.39 is 0 Å². The molecule has 23 heavy (non-hydrogen) atoms. The van der Waals surface area contributed by atoms with Gasteiger partial charge in [0.15, 0.2) is 0 Å². The molecule has 1 unspecified atom stereocenters. The molecule has 0 saturated carbocycles. The summed E-state index contributed by atoms with van der Waals surface area (Å²) < 4.78 is 1.75. The van der Waals surface area contributed by atoms with E-state index in [1.165, 1.54) is 0 Å². The van der Waals surface area contributed by atoms with Crippen LogP contribution in [0.15, 0.2) is 30.5 Å². The van der Waals surface area contributed by atoms with Gasteiger partial charge in [0.25, 0.3) is 5.91 Å². The minimum Gasteiger partial charge on any atom is -0.336 e. The van der Waals surface area contributed by atoms with Crippen molar-refractivity contribution in [2.45, 2.75) is 19.9 Å². The Balaban J connectivity index is 0.00000192. The van der Waals surface area contributed by atoms with Crippen LogP contribution in [0.2, 0.25) is 5.02 Å². The monoisotopic (exact) mass is 354 g/mol. The van der Waals surface area contributed by atoms with Gasteiger partial charge in [0.05, 0.1) is 23.1 Å². The lowest BCUT2D eigenvalue weighted by Crippen LogP contribution is -2.51. The molecule has 3 rings (SSSR count). The number of carbonyl (C=O) groups excluding carboxylic acids is 1. The number of aromatic nitrogens is 2. The summed E-state index contributed by atoms with van der Waals surface area (Å²) >= 11 is 6.03. The second-order valence-corrected chi connectivity index (χ2v) is 6.08. The van der Waals surface area contributed by atoms with Gasteiger partial charge in [0.2, 0.25) is 0 Å². The van der Waals surface area contributed by atoms with Crippen LogP contribution in [0.5, 0.6) is 0 Å². The molecule has 1 amide bonds. The minimum absolute atomic E-state index is 0. The summed E-state index contributed by atoms with van der Waals surface area (Å²) in [6.07, 6.45) is 1.64. The summed E-state index contributed by atoms with van der Waals surface area (Å²) in [7, 11) is 0. The first-order valence-electron chi connectivity index (χ1n) is 7.39. The van der Waals surface area contributed by atoms with E-state index in [4.69, 9.17) is 11.6 Å². The highest BCUT2D eigenvalue weighted by Gasteiger charge is 2.24. The van der Waals surface area contributed by atoms with E-state index in [-0.39, 0.29) is 18.3 Å². The van der Waals surface area contributed by atoms with E-state index in [9.17, 15) is 4.79 Å². The van der Waals surface area contributed by atoms with E-state index in [0.717, 1.165) is 31.0 Å². The van der Waals surface area contributed by atoms with Gasteiger partial charge >= 0.3 is 0 Å². The number of amides is 1. The number of nitrogens with zero attached hydrogens (tertiary/aromatic N) is 3. The fourth-order valence-electron chi connectivity index (χ4n) is 2.77. The summed E-state index contributed by atoms with van der Waals surface area (Å²) in [6, 6.07) is 7.77. The van der Waals surface area contributed by atoms with E-state index in [1.807, 2.05) is 36.1 Å². The molecule has 2 heterocycles. The number of nitrogens with one attached hydrogen (secondary N) is 1.